The topological polar surface area (TPSA) is 20.2 Å². The van der Waals surface area contributed by atoms with Crippen molar-refractivity contribution >= 4 is 0 Å². The van der Waals surface area contributed by atoms with Crippen LogP contribution in [0.25, 0.3) is 0 Å². The summed E-state index contributed by atoms with van der Waals surface area (Å²) in [6, 6.07) is 0. The Balaban J connectivity index is 3.31. The summed E-state index contributed by atoms with van der Waals surface area (Å²) in [7, 11) is 0. The average molecular weight is 214 g/mol. The smallest absolute Gasteiger partial charge is 0.0642 e. The zero-order valence-corrected chi connectivity index (χ0v) is 11.2. The second kappa shape index (κ2) is 8.15. The molecule has 0 aromatic heterocycles. The van der Waals surface area contributed by atoms with Crippen molar-refractivity contribution < 1.29 is 5.11 Å². The van der Waals surface area contributed by atoms with Gasteiger partial charge in [0.1, 0.15) is 0 Å². The summed E-state index contributed by atoms with van der Waals surface area (Å²) in [6.07, 6.45) is 10.2. The summed E-state index contributed by atoms with van der Waals surface area (Å²) in [4.78, 5) is 0. The predicted molar refractivity (Wildman–Crippen MR) is 68.1 cm³/mol. The molecule has 92 valence electrons. The molecule has 0 aliphatic rings. The lowest BCUT2D eigenvalue weighted by Crippen LogP contribution is -2.30. The Hall–Kier alpha value is -0.0400. The first-order chi connectivity index (χ1) is 7.00. The van der Waals surface area contributed by atoms with E-state index in [0.717, 1.165) is 6.42 Å². The molecule has 1 atom stereocenters. The molecular weight excluding hydrogens is 184 g/mol. The van der Waals surface area contributed by atoms with Crippen LogP contribution in [0.15, 0.2) is 0 Å². The van der Waals surface area contributed by atoms with E-state index in [2.05, 4.69) is 20.8 Å². The van der Waals surface area contributed by atoms with Gasteiger partial charge in [-0.3, -0.25) is 0 Å². The molecule has 0 aromatic carbocycles. The molecule has 1 nitrogen and oxygen atoms in total. The number of unbranched alkanes of at least 4 members (excludes halogenated alkanes) is 6. The third kappa shape index (κ3) is 7.84. The summed E-state index contributed by atoms with van der Waals surface area (Å²) in [5.74, 6) is 0.373. The van der Waals surface area contributed by atoms with Gasteiger partial charge >= 0.3 is 0 Å². The highest BCUT2D eigenvalue weighted by Gasteiger charge is 2.23. The van der Waals surface area contributed by atoms with Gasteiger partial charge in [-0.25, -0.2) is 0 Å². The summed E-state index contributed by atoms with van der Waals surface area (Å²) in [5, 5.41) is 10.0. The minimum atomic E-state index is -0.455. The molecule has 1 unspecified atom stereocenters. The van der Waals surface area contributed by atoms with E-state index in [-0.39, 0.29) is 0 Å². The quantitative estimate of drug-likeness (QED) is 0.559. The van der Waals surface area contributed by atoms with E-state index in [9.17, 15) is 5.11 Å². The van der Waals surface area contributed by atoms with E-state index < -0.39 is 5.60 Å². The van der Waals surface area contributed by atoms with Crippen molar-refractivity contribution in [3.63, 3.8) is 0 Å². The van der Waals surface area contributed by atoms with Crippen LogP contribution in [-0.2, 0) is 0 Å². The molecular formula is C14H30O. The lowest BCUT2D eigenvalue weighted by molar-refractivity contribution is 0.00307. The number of hydrogen-bond donors (Lipinski definition) is 1. The Morgan fingerprint density at radius 3 is 1.87 bits per heavy atom. The average Bonchev–Trinajstić information content (AvgIpc) is 2.16. The summed E-state index contributed by atoms with van der Waals surface area (Å²) >= 11 is 0. The van der Waals surface area contributed by atoms with E-state index in [1.165, 1.54) is 44.9 Å². The summed E-state index contributed by atoms with van der Waals surface area (Å²) in [5.41, 5.74) is -0.455. The maximum absolute atomic E-state index is 10.0. The molecule has 0 saturated heterocycles. The van der Waals surface area contributed by atoms with Crippen molar-refractivity contribution in [3.05, 3.63) is 0 Å². The molecule has 0 aromatic rings. The van der Waals surface area contributed by atoms with Crippen LogP contribution < -0.4 is 0 Å². The zero-order valence-electron chi connectivity index (χ0n) is 11.2. The van der Waals surface area contributed by atoms with E-state index in [1.54, 1.807) is 0 Å². The minimum absolute atomic E-state index is 0.373. The fourth-order valence-electron chi connectivity index (χ4n) is 1.73. The molecule has 1 N–H and O–H groups in total. The van der Waals surface area contributed by atoms with E-state index in [1.807, 2.05) is 6.92 Å². The first-order valence-corrected chi connectivity index (χ1v) is 6.73. The Bertz CT molecular complexity index is 138. The maximum atomic E-state index is 10.0. The van der Waals surface area contributed by atoms with Gasteiger partial charge < -0.3 is 5.11 Å². The van der Waals surface area contributed by atoms with E-state index >= 15 is 0 Å². The van der Waals surface area contributed by atoms with Crippen LogP contribution in [-0.4, -0.2) is 10.7 Å². The Morgan fingerprint density at radius 2 is 1.40 bits per heavy atom. The van der Waals surface area contributed by atoms with E-state index in [0.29, 0.717) is 5.92 Å². The summed E-state index contributed by atoms with van der Waals surface area (Å²) < 4.78 is 0. The largest absolute Gasteiger partial charge is 0.390 e. The minimum Gasteiger partial charge on any atom is -0.390 e. The van der Waals surface area contributed by atoms with Gasteiger partial charge in [0.15, 0.2) is 0 Å². The van der Waals surface area contributed by atoms with Crippen molar-refractivity contribution in [3.8, 4) is 0 Å². The fourth-order valence-corrected chi connectivity index (χ4v) is 1.73. The van der Waals surface area contributed by atoms with Crippen molar-refractivity contribution in [2.24, 2.45) is 5.92 Å². The van der Waals surface area contributed by atoms with Crippen LogP contribution >= 0.6 is 0 Å². The van der Waals surface area contributed by atoms with Gasteiger partial charge in [-0.15, -0.1) is 0 Å². The van der Waals surface area contributed by atoms with E-state index in [4.69, 9.17) is 0 Å². The van der Waals surface area contributed by atoms with Crippen LogP contribution in [0.3, 0.4) is 0 Å². The maximum Gasteiger partial charge on any atom is 0.0642 e. The van der Waals surface area contributed by atoms with Crippen molar-refractivity contribution in [1.29, 1.82) is 0 Å². The normalized spacial score (nSPS) is 15.6. The van der Waals surface area contributed by atoms with Gasteiger partial charge in [0.25, 0.3) is 0 Å². The molecule has 0 heterocycles. The third-order valence-corrected chi connectivity index (χ3v) is 3.53. The molecule has 0 fully saturated rings. The first kappa shape index (κ1) is 15.0. The number of hydrogen-bond acceptors (Lipinski definition) is 1. The van der Waals surface area contributed by atoms with Crippen LogP contribution in [0.2, 0.25) is 0 Å². The van der Waals surface area contributed by atoms with Gasteiger partial charge in [0.2, 0.25) is 0 Å². The van der Waals surface area contributed by atoms with Crippen molar-refractivity contribution in [2.75, 3.05) is 0 Å². The highest BCUT2D eigenvalue weighted by molar-refractivity contribution is 4.75. The van der Waals surface area contributed by atoms with Gasteiger partial charge in [0.05, 0.1) is 5.60 Å². The Labute approximate surface area is 96.3 Å². The molecule has 0 bridgehead atoms. The number of aliphatic hydroxyl groups is 1. The zero-order chi connectivity index (χ0) is 11.7. The molecule has 0 rings (SSSR count). The fraction of sp³-hybridized carbons (Fsp3) is 1.00. The number of rotatable bonds is 9. The predicted octanol–water partition coefficient (Wildman–Crippen LogP) is 4.53. The van der Waals surface area contributed by atoms with Crippen LogP contribution in [0.4, 0.5) is 0 Å². The molecule has 1 heteroatoms. The van der Waals surface area contributed by atoms with Gasteiger partial charge in [-0.2, -0.15) is 0 Å². The second-order valence-corrected chi connectivity index (χ2v) is 5.38. The lowest BCUT2D eigenvalue weighted by Gasteiger charge is -2.27. The standard InChI is InChI=1S/C14H30O/c1-5-6-7-8-9-10-11-12-14(4,15)13(2)3/h13,15H,5-12H2,1-4H3. The lowest BCUT2D eigenvalue weighted by atomic mass is 9.87. The van der Waals surface area contributed by atoms with Crippen LogP contribution in [0.5, 0.6) is 0 Å². The monoisotopic (exact) mass is 214 g/mol. The molecule has 0 aliphatic heterocycles. The van der Waals surface area contributed by atoms with Crippen LogP contribution in [0.1, 0.15) is 79.1 Å². The Kier molecular flexibility index (Phi) is 8.13. The van der Waals surface area contributed by atoms with Gasteiger partial charge in [-0.05, 0) is 19.3 Å². The summed E-state index contributed by atoms with van der Waals surface area (Å²) in [6.45, 7) is 8.41. The van der Waals surface area contributed by atoms with Gasteiger partial charge in [-0.1, -0.05) is 65.7 Å². The highest BCUT2D eigenvalue weighted by atomic mass is 16.3. The Morgan fingerprint density at radius 1 is 0.933 bits per heavy atom. The third-order valence-electron chi connectivity index (χ3n) is 3.53. The molecule has 0 saturated carbocycles. The SMILES string of the molecule is CCCCCCCCCC(C)(O)C(C)C. The molecule has 0 aliphatic carbocycles. The molecule has 0 spiro atoms. The second-order valence-electron chi connectivity index (χ2n) is 5.38. The highest BCUT2D eigenvalue weighted by Crippen LogP contribution is 2.23. The molecule has 15 heavy (non-hydrogen) atoms. The molecule has 0 radical (unpaired) electrons. The van der Waals surface area contributed by atoms with Crippen molar-refractivity contribution in [2.45, 2.75) is 84.7 Å². The van der Waals surface area contributed by atoms with Crippen LogP contribution in [0, 0.1) is 5.92 Å². The first-order valence-electron chi connectivity index (χ1n) is 6.73. The van der Waals surface area contributed by atoms with Gasteiger partial charge in [0, 0.05) is 0 Å². The molecule has 0 amide bonds. The van der Waals surface area contributed by atoms with Crippen molar-refractivity contribution in [1.82, 2.24) is 0 Å².